The fraction of sp³-hybridized carbons (Fsp3) is 0. The van der Waals surface area contributed by atoms with E-state index in [4.69, 9.17) is 0 Å². The molecule has 1 heterocycles. The van der Waals surface area contributed by atoms with E-state index in [1.807, 2.05) is 0 Å². The van der Waals surface area contributed by atoms with E-state index in [9.17, 15) is 0 Å². The average Bonchev–Trinajstić information content (AvgIpc) is 3.50. The molecule has 0 radical (unpaired) electrons. The van der Waals surface area contributed by atoms with Gasteiger partial charge in [0.25, 0.3) is 0 Å². The molecule has 0 amide bonds. The zero-order valence-electron chi connectivity index (χ0n) is 21.2. The van der Waals surface area contributed by atoms with Crippen LogP contribution in [0.3, 0.4) is 0 Å². The number of hydrogen-bond acceptors (Lipinski definition) is 0. The van der Waals surface area contributed by atoms with Crippen molar-refractivity contribution in [2.75, 3.05) is 0 Å². The van der Waals surface area contributed by atoms with Gasteiger partial charge in [0.1, 0.15) is 0 Å². The minimum atomic E-state index is 1.21. The molecular formula is C38H23N. The molecule has 0 fully saturated rings. The van der Waals surface area contributed by atoms with Gasteiger partial charge in [0.2, 0.25) is 0 Å². The second-order valence-corrected chi connectivity index (χ2v) is 10.5. The minimum absolute atomic E-state index is 1.21. The molecular weight excluding hydrogens is 470 g/mol. The van der Waals surface area contributed by atoms with E-state index in [0.717, 1.165) is 0 Å². The van der Waals surface area contributed by atoms with Crippen molar-refractivity contribution in [1.82, 2.24) is 4.57 Å². The summed E-state index contributed by atoms with van der Waals surface area (Å²) in [6, 6.07) is 51.2. The summed E-state index contributed by atoms with van der Waals surface area (Å²) < 4.78 is 2.44. The lowest BCUT2D eigenvalue weighted by Gasteiger charge is -2.16. The van der Waals surface area contributed by atoms with Crippen molar-refractivity contribution in [3.63, 3.8) is 0 Å². The summed E-state index contributed by atoms with van der Waals surface area (Å²) >= 11 is 0. The first-order chi connectivity index (χ1) is 19.4. The fourth-order valence-electron chi connectivity index (χ4n) is 6.85. The van der Waals surface area contributed by atoms with Crippen LogP contribution < -0.4 is 0 Å². The van der Waals surface area contributed by atoms with Gasteiger partial charge >= 0.3 is 0 Å². The van der Waals surface area contributed by atoms with E-state index in [1.165, 1.54) is 82.4 Å². The topological polar surface area (TPSA) is 4.93 Å². The summed E-state index contributed by atoms with van der Waals surface area (Å²) in [4.78, 5) is 0. The van der Waals surface area contributed by atoms with Crippen LogP contribution >= 0.6 is 0 Å². The quantitative estimate of drug-likeness (QED) is 0.226. The molecule has 0 bridgehead atoms. The van der Waals surface area contributed by atoms with Gasteiger partial charge in [0.15, 0.2) is 0 Å². The largest absolute Gasteiger partial charge is 0.309 e. The summed E-state index contributed by atoms with van der Waals surface area (Å²) in [5.74, 6) is 0. The lowest BCUT2D eigenvalue weighted by molar-refractivity contribution is 1.18. The molecule has 1 aliphatic carbocycles. The number of nitrogens with zero attached hydrogens (tertiary/aromatic N) is 1. The van der Waals surface area contributed by atoms with Gasteiger partial charge in [-0.2, -0.15) is 0 Å². The first-order valence-corrected chi connectivity index (χ1v) is 13.5. The SMILES string of the molecule is c1ccc(-n2c3ccccc3c3ccccc32)c(-c2ccc3c4c(cccc24)-c2cc4ccccc4cc2-3)c1. The van der Waals surface area contributed by atoms with Crippen molar-refractivity contribution >= 4 is 43.4 Å². The highest BCUT2D eigenvalue weighted by Crippen LogP contribution is 2.51. The molecule has 1 aromatic heterocycles. The van der Waals surface area contributed by atoms with Gasteiger partial charge in [-0.25, -0.2) is 0 Å². The van der Waals surface area contributed by atoms with Crippen molar-refractivity contribution in [2.45, 2.75) is 0 Å². The van der Waals surface area contributed by atoms with E-state index >= 15 is 0 Å². The molecule has 8 aromatic rings. The maximum atomic E-state index is 2.44. The molecule has 0 aliphatic heterocycles. The lowest BCUT2D eigenvalue weighted by atomic mass is 9.93. The third kappa shape index (κ3) is 2.79. The van der Waals surface area contributed by atoms with Gasteiger partial charge in [0, 0.05) is 16.3 Å². The van der Waals surface area contributed by atoms with Gasteiger partial charge < -0.3 is 4.57 Å². The summed E-state index contributed by atoms with van der Waals surface area (Å²) in [5.41, 5.74) is 11.5. The second kappa shape index (κ2) is 7.69. The van der Waals surface area contributed by atoms with Crippen molar-refractivity contribution < 1.29 is 0 Å². The first-order valence-electron chi connectivity index (χ1n) is 13.5. The number of aromatic nitrogens is 1. The Kier molecular flexibility index (Phi) is 4.11. The Bertz CT molecular complexity index is 2180. The third-order valence-corrected chi connectivity index (χ3v) is 8.52. The van der Waals surface area contributed by atoms with Gasteiger partial charge in [0.05, 0.1) is 16.7 Å². The highest BCUT2D eigenvalue weighted by atomic mass is 15.0. The Morgan fingerprint density at radius 2 is 0.846 bits per heavy atom. The van der Waals surface area contributed by atoms with Crippen LogP contribution in [0, 0.1) is 0 Å². The fourth-order valence-corrected chi connectivity index (χ4v) is 6.85. The molecule has 1 aliphatic rings. The first kappa shape index (κ1) is 20.9. The maximum Gasteiger partial charge on any atom is 0.0541 e. The van der Waals surface area contributed by atoms with Crippen molar-refractivity contribution in [1.29, 1.82) is 0 Å². The molecule has 0 N–H and O–H groups in total. The van der Waals surface area contributed by atoms with Crippen molar-refractivity contribution in [3.8, 4) is 39.1 Å². The maximum absolute atomic E-state index is 2.44. The molecule has 0 saturated carbocycles. The predicted octanol–water partition coefficient (Wildman–Crippen LogP) is 10.4. The van der Waals surface area contributed by atoms with Gasteiger partial charge in [-0.1, -0.05) is 109 Å². The molecule has 1 nitrogen and oxygen atoms in total. The Morgan fingerprint density at radius 1 is 0.333 bits per heavy atom. The molecule has 0 saturated heterocycles. The van der Waals surface area contributed by atoms with Crippen LogP contribution in [0.1, 0.15) is 0 Å². The highest BCUT2D eigenvalue weighted by molar-refractivity contribution is 6.20. The molecule has 1 heteroatoms. The van der Waals surface area contributed by atoms with Crippen molar-refractivity contribution in [3.05, 3.63) is 140 Å². The number of fused-ring (bicyclic) bond motifs is 7. The normalized spacial score (nSPS) is 12.1. The Balaban J connectivity index is 1.35. The second-order valence-electron chi connectivity index (χ2n) is 10.5. The summed E-state index contributed by atoms with van der Waals surface area (Å²) in [5, 5.41) is 7.81. The minimum Gasteiger partial charge on any atom is -0.309 e. The number of para-hydroxylation sites is 3. The lowest BCUT2D eigenvalue weighted by Crippen LogP contribution is -1.97. The van der Waals surface area contributed by atoms with Gasteiger partial charge in [-0.15, -0.1) is 0 Å². The zero-order chi connectivity index (χ0) is 25.5. The van der Waals surface area contributed by atoms with E-state index in [-0.39, 0.29) is 0 Å². The zero-order valence-corrected chi connectivity index (χ0v) is 21.2. The monoisotopic (exact) mass is 493 g/mol. The molecule has 180 valence electrons. The standard InChI is InChI=1S/C38H23N/c1-2-11-25-23-34-32-21-20-26(30-15-9-16-31(38(30)32)33(34)22-24(25)10-1)27-12-3-6-17-35(27)39-36-18-7-4-13-28(36)29-14-5-8-19-37(29)39/h1-23H. The summed E-state index contributed by atoms with van der Waals surface area (Å²) in [6.07, 6.45) is 0. The molecule has 0 unspecified atom stereocenters. The van der Waals surface area contributed by atoms with E-state index in [0.29, 0.717) is 0 Å². The van der Waals surface area contributed by atoms with Crippen LogP contribution in [-0.2, 0) is 0 Å². The van der Waals surface area contributed by atoms with E-state index in [1.54, 1.807) is 0 Å². The van der Waals surface area contributed by atoms with E-state index in [2.05, 4.69) is 144 Å². The van der Waals surface area contributed by atoms with Crippen molar-refractivity contribution in [2.24, 2.45) is 0 Å². The van der Waals surface area contributed by atoms with Crippen LogP contribution in [0.2, 0.25) is 0 Å². The molecule has 0 atom stereocenters. The predicted molar refractivity (Wildman–Crippen MR) is 166 cm³/mol. The Hall–Kier alpha value is -5.14. The number of rotatable bonds is 2. The van der Waals surface area contributed by atoms with Crippen LogP contribution in [0.25, 0.3) is 82.4 Å². The van der Waals surface area contributed by atoms with Crippen LogP contribution in [0.4, 0.5) is 0 Å². The summed E-state index contributed by atoms with van der Waals surface area (Å²) in [7, 11) is 0. The Morgan fingerprint density at radius 3 is 1.56 bits per heavy atom. The highest BCUT2D eigenvalue weighted by Gasteiger charge is 2.24. The summed E-state index contributed by atoms with van der Waals surface area (Å²) in [6.45, 7) is 0. The molecule has 9 rings (SSSR count). The van der Waals surface area contributed by atoms with Crippen LogP contribution in [-0.4, -0.2) is 4.57 Å². The Labute approximate surface area is 226 Å². The average molecular weight is 494 g/mol. The number of benzene rings is 7. The number of hydrogen-bond donors (Lipinski definition) is 0. The smallest absolute Gasteiger partial charge is 0.0541 e. The van der Waals surface area contributed by atoms with Crippen LogP contribution in [0.15, 0.2) is 140 Å². The molecule has 0 spiro atoms. The molecule has 39 heavy (non-hydrogen) atoms. The van der Waals surface area contributed by atoms with Gasteiger partial charge in [-0.3, -0.25) is 0 Å². The van der Waals surface area contributed by atoms with Gasteiger partial charge in [-0.05, 0) is 79.7 Å². The molecule has 7 aromatic carbocycles. The third-order valence-electron chi connectivity index (χ3n) is 8.52. The van der Waals surface area contributed by atoms with E-state index < -0.39 is 0 Å². The van der Waals surface area contributed by atoms with Crippen LogP contribution in [0.5, 0.6) is 0 Å².